The number of benzene rings is 1. The van der Waals surface area contributed by atoms with Crippen molar-refractivity contribution in [1.29, 1.82) is 0 Å². The molecule has 1 aromatic heterocycles. The van der Waals surface area contributed by atoms with Crippen molar-refractivity contribution in [2.45, 2.75) is 19.9 Å². The monoisotopic (exact) mass is 516 g/mol. The number of hydrogen-bond donors (Lipinski definition) is 2. The molecule has 0 atom stereocenters. The van der Waals surface area contributed by atoms with E-state index in [1.165, 1.54) is 0 Å². The van der Waals surface area contributed by atoms with Crippen LogP contribution in [0.1, 0.15) is 18.1 Å². The van der Waals surface area contributed by atoms with Crippen LogP contribution >= 0.6 is 35.6 Å². The molecule has 0 saturated heterocycles. The fraction of sp³-hybridized carbons (Fsp3) is 0.294. The van der Waals surface area contributed by atoms with Crippen LogP contribution in [0, 0.1) is 23.3 Å². The predicted octanol–water partition coefficient (Wildman–Crippen LogP) is 4.21. The molecule has 0 bridgehead atoms. The Balaban J connectivity index is 0.00000364. The van der Waals surface area contributed by atoms with Crippen molar-refractivity contribution < 1.29 is 17.6 Å². The number of aromatic nitrogens is 1. The molecule has 2 N–H and O–H groups in total. The SMILES string of the molecule is CCNC(=NCc1c(F)c(F)cc(F)c1F)NCCc1ccc(Cl)nc1.I. The highest BCUT2D eigenvalue weighted by atomic mass is 127. The first-order chi connectivity index (χ1) is 12.4. The highest BCUT2D eigenvalue weighted by Crippen LogP contribution is 2.20. The zero-order valence-electron chi connectivity index (χ0n) is 14.3. The Labute approximate surface area is 176 Å². The Morgan fingerprint density at radius 3 is 2.33 bits per heavy atom. The van der Waals surface area contributed by atoms with Gasteiger partial charge in [-0.3, -0.25) is 0 Å². The van der Waals surface area contributed by atoms with Gasteiger partial charge >= 0.3 is 0 Å². The van der Waals surface area contributed by atoms with Crippen molar-refractivity contribution in [3.8, 4) is 0 Å². The van der Waals surface area contributed by atoms with E-state index < -0.39 is 35.4 Å². The molecule has 0 fully saturated rings. The van der Waals surface area contributed by atoms with Gasteiger partial charge in [0.1, 0.15) is 5.15 Å². The third kappa shape index (κ3) is 6.80. The first-order valence-corrected chi connectivity index (χ1v) is 8.24. The van der Waals surface area contributed by atoms with E-state index in [1.54, 1.807) is 12.3 Å². The number of nitrogens with zero attached hydrogens (tertiary/aromatic N) is 2. The fourth-order valence-corrected chi connectivity index (χ4v) is 2.25. The van der Waals surface area contributed by atoms with Crippen LogP contribution < -0.4 is 10.6 Å². The second kappa shape index (κ2) is 11.3. The second-order valence-electron chi connectivity index (χ2n) is 5.31. The van der Waals surface area contributed by atoms with Crippen molar-refractivity contribution in [1.82, 2.24) is 15.6 Å². The van der Waals surface area contributed by atoms with Gasteiger partial charge in [0.25, 0.3) is 0 Å². The van der Waals surface area contributed by atoms with Crippen molar-refractivity contribution in [2.24, 2.45) is 4.99 Å². The molecule has 2 aromatic rings. The number of pyridine rings is 1. The van der Waals surface area contributed by atoms with Gasteiger partial charge in [0.2, 0.25) is 0 Å². The van der Waals surface area contributed by atoms with E-state index in [-0.39, 0.29) is 36.0 Å². The average molecular weight is 517 g/mol. The first-order valence-electron chi connectivity index (χ1n) is 7.86. The summed E-state index contributed by atoms with van der Waals surface area (Å²) >= 11 is 5.71. The third-order valence-corrected chi connectivity index (χ3v) is 3.66. The maximum absolute atomic E-state index is 13.7. The van der Waals surface area contributed by atoms with Crippen LogP contribution in [0.3, 0.4) is 0 Å². The van der Waals surface area contributed by atoms with Crippen LogP contribution in [0.25, 0.3) is 0 Å². The fourth-order valence-electron chi connectivity index (χ4n) is 2.14. The van der Waals surface area contributed by atoms with Gasteiger partial charge in [-0.1, -0.05) is 17.7 Å². The molecule has 10 heteroatoms. The van der Waals surface area contributed by atoms with Crippen molar-refractivity contribution in [3.63, 3.8) is 0 Å². The summed E-state index contributed by atoms with van der Waals surface area (Å²) < 4.78 is 53.8. The summed E-state index contributed by atoms with van der Waals surface area (Å²) in [6.45, 7) is 2.21. The minimum atomic E-state index is -1.46. The van der Waals surface area contributed by atoms with Crippen molar-refractivity contribution in [2.75, 3.05) is 13.1 Å². The topological polar surface area (TPSA) is 49.3 Å². The zero-order chi connectivity index (χ0) is 19.1. The summed E-state index contributed by atoms with van der Waals surface area (Å²) in [6, 6.07) is 3.66. The highest BCUT2D eigenvalue weighted by molar-refractivity contribution is 14.0. The molecule has 0 radical (unpaired) electrons. The summed E-state index contributed by atoms with van der Waals surface area (Å²) in [5, 5.41) is 6.25. The van der Waals surface area contributed by atoms with Crippen molar-refractivity contribution >= 4 is 41.5 Å². The zero-order valence-corrected chi connectivity index (χ0v) is 17.4. The molecule has 1 aromatic carbocycles. The normalized spacial score (nSPS) is 11.1. The largest absolute Gasteiger partial charge is 0.357 e. The summed E-state index contributed by atoms with van der Waals surface area (Å²) in [4.78, 5) is 7.94. The molecule has 148 valence electrons. The van der Waals surface area contributed by atoms with Crippen LogP contribution in [0.2, 0.25) is 5.15 Å². The van der Waals surface area contributed by atoms with E-state index >= 15 is 0 Å². The summed E-state index contributed by atoms with van der Waals surface area (Å²) in [6.07, 6.45) is 2.24. The molecule has 0 aliphatic carbocycles. The van der Waals surface area contributed by atoms with Gasteiger partial charge in [-0.25, -0.2) is 27.5 Å². The van der Waals surface area contributed by atoms with Crippen LogP contribution in [0.4, 0.5) is 17.6 Å². The maximum atomic E-state index is 13.7. The van der Waals surface area contributed by atoms with E-state index in [9.17, 15) is 17.6 Å². The van der Waals surface area contributed by atoms with Crippen LogP contribution in [-0.2, 0) is 13.0 Å². The number of hydrogen-bond acceptors (Lipinski definition) is 2. The molecular weight excluding hydrogens is 499 g/mol. The summed E-state index contributed by atoms with van der Waals surface area (Å²) in [7, 11) is 0. The van der Waals surface area contributed by atoms with Crippen LogP contribution in [-0.4, -0.2) is 24.0 Å². The molecule has 2 rings (SSSR count). The third-order valence-electron chi connectivity index (χ3n) is 3.44. The lowest BCUT2D eigenvalue weighted by atomic mass is 10.2. The van der Waals surface area contributed by atoms with Crippen molar-refractivity contribution in [3.05, 3.63) is 63.9 Å². The minimum Gasteiger partial charge on any atom is -0.357 e. The number of rotatable bonds is 6. The van der Waals surface area contributed by atoms with E-state index in [4.69, 9.17) is 11.6 Å². The van der Waals surface area contributed by atoms with Gasteiger partial charge in [0.15, 0.2) is 29.2 Å². The van der Waals surface area contributed by atoms with E-state index in [0.717, 1.165) is 5.56 Å². The standard InChI is InChI=1S/C17H17ClF4N4.HI/c1-2-23-17(24-6-5-10-3-4-14(18)25-8-10)26-9-11-15(21)12(19)7-13(20)16(11)22;/h3-4,7-8H,2,5-6,9H2,1H3,(H2,23,24,26);1H. The summed E-state index contributed by atoms with van der Waals surface area (Å²) in [5.74, 6) is -5.55. The number of guanidine groups is 1. The van der Waals surface area contributed by atoms with E-state index in [0.29, 0.717) is 24.7 Å². The first kappa shape index (κ1) is 23.4. The molecule has 1 heterocycles. The Hall–Kier alpha value is -1.62. The Kier molecular flexibility index (Phi) is 9.78. The number of halogens is 6. The Bertz CT molecular complexity index is 761. The van der Waals surface area contributed by atoms with Gasteiger partial charge in [-0.15, -0.1) is 24.0 Å². The lowest BCUT2D eigenvalue weighted by Gasteiger charge is -2.12. The van der Waals surface area contributed by atoms with Crippen LogP contribution in [0.15, 0.2) is 29.4 Å². The lowest BCUT2D eigenvalue weighted by Crippen LogP contribution is -2.38. The number of aliphatic imine (C=N–C) groups is 1. The van der Waals surface area contributed by atoms with E-state index in [2.05, 4.69) is 20.6 Å². The van der Waals surface area contributed by atoms with E-state index in [1.807, 2.05) is 13.0 Å². The lowest BCUT2D eigenvalue weighted by molar-refractivity contribution is 0.439. The molecule has 0 saturated carbocycles. The molecular formula is C17H18ClF4IN4. The highest BCUT2D eigenvalue weighted by Gasteiger charge is 2.18. The van der Waals surface area contributed by atoms with Gasteiger partial charge in [-0.05, 0) is 25.0 Å². The second-order valence-corrected chi connectivity index (χ2v) is 5.70. The Morgan fingerprint density at radius 2 is 1.78 bits per heavy atom. The quantitative estimate of drug-likeness (QED) is 0.151. The number of nitrogens with one attached hydrogen (secondary N) is 2. The molecule has 0 aliphatic heterocycles. The molecule has 0 spiro atoms. The molecule has 0 aliphatic rings. The smallest absolute Gasteiger partial charge is 0.191 e. The van der Waals surface area contributed by atoms with Gasteiger partial charge in [0, 0.05) is 25.4 Å². The predicted molar refractivity (Wildman–Crippen MR) is 107 cm³/mol. The Morgan fingerprint density at radius 1 is 1.11 bits per heavy atom. The summed E-state index contributed by atoms with van der Waals surface area (Å²) in [5.41, 5.74) is 0.170. The van der Waals surface area contributed by atoms with Gasteiger partial charge in [-0.2, -0.15) is 0 Å². The molecule has 27 heavy (non-hydrogen) atoms. The van der Waals surface area contributed by atoms with Crippen LogP contribution in [0.5, 0.6) is 0 Å². The molecule has 0 amide bonds. The molecule has 0 unspecified atom stereocenters. The van der Waals surface area contributed by atoms with Gasteiger partial charge < -0.3 is 10.6 Å². The van der Waals surface area contributed by atoms with Gasteiger partial charge in [0.05, 0.1) is 12.1 Å². The average Bonchev–Trinajstić information content (AvgIpc) is 2.61. The minimum absolute atomic E-state index is 0. The maximum Gasteiger partial charge on any atom is 0.191 e. The molecule has 4 nitrogen and oxygen atoms in total.